The maximum absolute atomic E-state index is 15.2. The summed E-state index contributed by atoms with van der Waals surface area (Å²) in [6, 6.07) is 7.68. The van der Waals surface area contributed by atoms with Crippen molar-refractivity contribution < 1.29 is 19.0 Å². The van der Waals surface area contributed by atoms with Crippen molar-refractivity contribution in [3.05, 3.63) is 41.0 Å². The maximum Gasteiger partial charge on any atom is 0.252 e. The van der Waals surface area contributed by atoms with Crippen LogP contribution in [0.4, 0.5) is 10.2 Å². The third-order valence-electron chi connectivity index (χ3n) is 6.76. The van der Waals surface area contributed by atoms with Crippen LogP contribution in [-0.2, 0) is 17.6 Å². The standard InChI is InChI=1S/C22H25FN4O3/c1-30-22(12-28)9-10-26(11-17(22)23)21-14-6-4-5-13(14)18(19(24)29)20-25-15-7-2-3-8-16(15)27(20)21/h2-3,7-8,17,28H,4-6,9-12H2,1H3,(H2,24,29)/t17-,22+/m1/s1. The van der Waals surface area contributed by atoms with Crippen molar-refractivity contribution in [2.45, 2.75) is 37.5 Å². The van der Waals surface area contributed by atoms with Crippen LogP contribution in [0.3, 0.4) is 0 Å². The fourth-order valence-corrected chi connectivity index (χ4v) is 5.13. The van der Waals surface area contributed by atoms with E-state index in [-0.39, 0.29) is 13.2 Å². The Hall–Kier alpha value is -2.71. The number of nitrogens with two attached hydrogens (primary N) is 1. The molecule has 0 spiro atoms. The predicted molar refractivity (Wildman–Crippen MR) is 112 cm³/mol. The smallest absolute Gasteiger partial charge is 0.252 e. The number of para-hydroxylation sites is 2. The Morgan fingerprint density at radius 1 is 1.37 bits per heavy atom. The van der Waals surface area contributed by atoms with Crippen LogP contribution in [0, 0.1) is 0 Å². The van der Waals surface area contributed by atoms with Gasteiger partial charge in [0.25, 0.3) is 5.91 Å². The number of fused-ring (bicyclic) bond motifs is 4. The average molecular weight is 412 g/mol. The first-order valence-corrected chi connectivity index (χ1v) is 10.3. The summed E-state index contributed by atoms with van der Waals surface area (Å²) in [6.45, 7) is 0.262. The van der Waals surface area contributed by atoms with Gasteiger partial charge in [-0.15, -0.1) is 0 Å². The lowest BCUT2D eigenvalue weighted by Crippen LogP contribution is -2.57. The molecule has 1 saturated heterocycles. The third-order valence-corrected chi connectivity index (χ3v) is 6.76. The van der Waals surface area contributed by atoms with Gasteiger partial charge in [-0.3, -0.25) is 9.20 Å². The number of carbonyl (C=O) groups excluding carboxylic acids is 1. The fourth-order valence-electron chi connectivity index (χ4n) is 5.13. The number of halogens is 1. The van der Waals surface area contributed by atoms with Crippen LogP contribution >= 0.6 is 0 Å². The molecule has 0 saturated carbocycles. The highest BCUT2D eigenvalue weighted by molar-refractivity contribution is 6.03. The van der Waals surface area contributed by atoms with Gasteiger partial charge < -0.3 is 20.5 Å². The first-order chi connectivity index (χ1) is 14.5. The minimum Gasteiger partial charge on any atom is -0.393 e. The summed E-state index contributed by atoms with van der Waals surface area (Å²) in [5, 5.41) is 9.75. The molecule has 7 nitrogen and oxygen atoms in total. The van der Waals surface area contributed by atoms with Gasteiger partial charge in [-0.05, 0) is 48.9 Å². The highest BCUT2D eigenvalue weighted by Gasteiger charge is 2.45. The Labute approximate surface area is 173 Å². The van der Waals surface area contributed by atoms with E-state index in [4.69, 9.17) is 15.5 Å². The van der Waals surface area contributed by atoms with Gasteiger partial charge in [0.05, 0.1) is 29.7 Å². The van der Waals surface area contributed by atoms with Crippen molar-refractivity contribution >= 4 is 28.4 Å². The number of anilines is 1. The van der Waals surface area contributed by atoms with Crippen LogP contribution in [0.15, 0.2) is 24.3 Å². The zero-order valence-corrected chi connectivity index (χ0v) is 16.9. The SMILES string of the molecule is CO[C@]1(CO)CCN(c2c3c(c(C(N)=O)c4nc5ccccc5n24)CCC3)C[C@H]1F. The molecule has 2 atom stereocenters. The molecule has 1 aromatic carbocycles. The van der Waals surface area contributed by atoms with E-state index < -0.39 is 17.7 Å². The van der Waals surface area contributed by atoms with E-state index in [2.05, 4.69) is 0 Å². The number of hydrogen-bond donors (Lipinski definition) is 2. The van der Waals surface area contributed by atoms with Crippen molar-refractivity contribution in [3.8, 4) is 0 Å². The van der Waals surface area contributed by atoms with Gasteiger partial charge in [-0.1, -0.05) is 12.1 Å². The quantitative estimate of drug-likeness (QED) is 0.684. The Morgan fingerprint density at radius 3 is 2.83 bits per heavy atom. The first-order valence-electron chi connectivity index (χ1n) is 10.3. The van der Waals surface area contributed by atoms with Crippen LogP contribution in [-0.4, -0.2) is 59.0 Å². The number of amides is 1. The number of hydrogen-bond acceptors (Lipinski definition) is 5. The molecule has 0 bridgehead atoms. The number of pyridine rings is 1. The Balaban J connectivity index is 1.77. The zero-order chi connectivity index (χ0) is 21.0. The van der Waals surface area contributed by atoms with Crippen molar-refractivity contribution in [1.82, 2.24) is 9.38 Å². The Bertz CT molecular complexity index is 1150. The molecule has 3 N–H and O–H groups in total. The normalized spacial score (nSPS) is 24.0. The highest BCUT2D eigenvalue weighted by Crippen LogP contribution is 2.40. The first kappa shape index (κ1) is 19.3. The summed E-state index contributed by atoms with van der Waals surface area (Å²) in [5.74, 6) is 0.391. The summed E-state index contributed by atoms with van der Waals surface area (Å²) in [7, 11) is 1.44. The van der Waals surface area contributed by atoms with Gasteiger partial charge in [0.2, 0.25) is 0 Å². The lowest BCUT2D eigenvalue weighted by molar-refractivity contribution is -0.112. The number of aliphatic hydroxyl groups excluding tert-OH is 1. The molecule has 1 aliphatic heterocycles. The van der Waals surface area contributed by atoms with Gasteiger partial charge in [0.1, 0.15) is 17.6 Å². The van der Waals surface area contributed by atoms with Gasteiger partial charge >= 0.3 is 0 Å². The van der Waals surface area contributed by atoms with Crippen LogP contribution in [0.5, 0.6) is 0 Å². The van der Waals surface area contributed by atoms with Crippen LogP contribution in [0.25, 0.3) is 16.7 Å². The number of aliphatic hydroxyl groups is 1. The van der Waals surface area contributed by atoms with Crippen LogP contribution in [0.2, 0.25) is 0 Å². The number of ether oxygens (including phenoxy) is 1. The monoisotopic (exact) mass is 412 g/mol. The van der Waals surface area contributed by atoms with Gasteiger partial charge in [0, 0.05) is 13.7 Å². The van der Waals surface area contributed by atoms with Crippen LogP contribution in [0.1, 0.15) is 34.3 Å². The van der Waals surface area contributed by atoms with Gasteiger partial charge in [0.15, 0.2) is 5.65 Å². The molecule has 2 aliphatic rings. The Kier molecular flexibility index (Phi) is 4.44. The third kappa shape index (κ3) is 2.56. The number of methoxy groups -OCH3 is 1. The minimum atomic E-state index is -1.35. The van der Waals surface area contributed by atoms with E-state index >= 15 is 4.39 Å². The largest absolute Gasteiger partial charge is 0.393 e. The summed E-state index contributed by atoms with van der Waals surface area (Å²) < 4.78 is 22.6. The summed E-state index contributed by atoms with van der Waals surface area (Å²) in [5.41, 5.74) is 9.21. The van der Waals surface area contributed by atoms with Crippen molar-refractivity contribution in [2.75, 3.05) is 31.7 Å². The molecule has 0 radical (unpaired) electrons. The number of piperidine rings is 1. The maximum atomic E-state index is 15.2. The van der Waals surface area contributed by atoms with E-state index in [9.17, 15) is 9.90 Å². The number of benzene rings is 1. The highest BCUT2D eigenvalue weighted by atomic mass is 19.1. The van der Waals surface area contributed by atoms with E-state index in [1.54, 1.807) is 0 Å². The molecule has 0 unspecified atom stereocenters. The number of alkyl halides is 1. The molecule has 3 aromatic rings. The second-order valence-electron chi connectivity index (χ2n) is 8.22. The van der Waals surface area contributed by atoms with Crippen molar-refractivity contribution in [3.63, 3.8) is 0 Å². The molecule has 8 heteroatoms. The van der Waals surface area contributed by atoms with E-state index in [1.165, 1.54) is 7.11 Å². The number of primary amides is 1. The second kappa shape index (κ2) is 6.92. The fraction of sp³-hybridized carbons (Fsp3) is 0.455. The summed E-state index contributed by atoms with van der Waals surface area (Å²) >= 11 is 0. The number of carbonyl (C=O) groups is 1. The molecule has 158 valence electrons. The molecule has 1 fully saturated rings. The van der Waals surface area contributed by atoms with Gasteiger partial charge in [-0.2, -0.15) is 0 Å². The molecule has 30 heavy (non-hydrogen) atoms. The van der Waals surface area contributed by atoms with E-state index in [1.807, 2.05) is 33.6 Å². The minimum absolute atomic E-state index is 0.0956. The zero-order valence-electron chi connectivity index (χ0n) is 16.9. The van der Waals surface area contributed by atoms with Crippen molar-refractivity contribution in [2.24, 2.45) is 5.73 Å². The molecular weight excluding hydrogens is 387 g/mol. The number of imidazole rings is 1. The topological polar surface area (TPSA) is 93.1 Å². The molecule has 3 heterocycles. The van der Waals surface area contributed by atoms with E-state index in [0.717, 1.165) is 47.2 Å². The molecule has 2 aromatic heterocycles. The molecular formula is C22H25FN4O3. The van der Waals surface area contributed by atoms with Crippen molar-refractivity contribution in [1.29, 1.82) is 0 Å². The molecule has 5 rings (SSSR count). The predicted octanol–water partition coefficient (Wildman–Crippen LogP) is 2.00. The van der Waals surface area contributed by atoms with Gasteiger partial charge in [-0.25, -0.2) is 9.37 Å². The molecule has 1 aliphatic carbocycles. The summed E-state index contributed by atoms with van der Waals surface area (Å²) in [6.07, 6.45) is 1.49. The number of rotatable bonds is 4. The summed E-state index contributed by atoms with van der Waals surface area (Å²) in [4.78, 5) is 19.1. The number of aromatic nitrogens is 2. The molecule has 1 amide bonds. The lowest BCUT2D eigenvalue weighted by atomic mass is 9.89. The van der Waals surface area contributed by atoms with E-state index in [0.29, 0.717) is 24.2 Å². The average Bonchev–Trinajstić information content (AvgIpc) is 3.36. The van der Waals surface area contributed by atoms with Crippen LogP contribution < -0.4 is 10.6 Å². The Morgan fingerprint density at radius 2 is 2.13 bits per heavy atom. The number of nitrogens with zero attached hydrogens (tertiary/aromatic N) is 3. The second-order valence-corrected chi connectivity index (χ2v) is 8.22. The lowest BCUT2D eigenvalue weighted by Gasteiger charge is -2.43.